The number of hydrogen-bond donors (Lipinski definition) is 3. The Bertz CT molecular complexity index is 11.6. The van der Waals surface area contributed by atoms with E-state index >= 15 is 0 Å². The summed E-state index contributed by atoms with van der Waals surface area (Å²) in [6.45, 7) is 0. The predicted octanol–water partition coefficient (Wildman–Crippen LogP) is -2.97. The third-order valence-corrected chi connectivity index (χ3v) is 0. The fraction of sp³-hybridized carbons (Fsp3) is 0. The monoisotopic (exact) mass is 272 g/mol. The van der Waals surface area contributed by atoms with E-state index in [0.29, 0.717) is 0 Å². The fourth-order valence-corrected chi connectivity index (χ4v) is 0. The molecule has 0 heterocycles. The van der Waals surface area contributed by atoms with Gasteiger partial charge in [0.15, 0.2) is 0 Å². The van der Waals surface area contributed by atoms with Crippen molar-refractivity contribution in [2.45, 2.75) is 0 Å². The van der Waals surface area contributed by atoms with Gasteiger partial charge < -0.3 is 15.1 Å². The van der Waals surface area contributed by atoms with Crippen LogP contribution in [-0.4, -0.2) is 49.7 Å². The van der Waals surface area contributed by atoms with Crippen LogP contribution in [0.1, 0.15) is 0 Å². The second kappa shape index (κ2) is 4.87. The molecule has 0 rings (SSSR count). The van der Waals surface area contributed by atoms with Gasteiger partial charge in [-0.3, -0.25) is 0 Å². The Hall–Kier alpha value is 0.867. The van der Waals surface area contributed by atoms with E-state index < -0.39 is 7.32 Å². The molecule has 0 spiro atoms. The van der Waals surface area contributed by atoms with Gasteiger partial charge in [0, 0.05) is 0 Å². The molecule has 0 aliphatic rings. The molecule has 3 nitrogen and oxygen atoms in total. The average Bonchev–Trinajstić information content (AvgIpc) is 0.811. The molecular formula is H5BO3Pb. The summed E-state index contributed by atoms with van der Waals surface area (Å²) in [6, 6.07) is 0. The topological polar surface area (TPSA) is 60.7 Å². The Kier molecular flexibility index (Phi) is 9.05. The first-order valence-electron chi connectivity index (χ1n) is 0.775. The van der Waals surface area contributed by atoms with Gasteiger partial charge in [-0.15, -0.1) is 0 Å². The molecular weight excluding hydrogens is 266 g/mol. The van der Waals surface area contributed by atoms with Gasteiger partial charge in [0.05, 0.1) is 0 Å². The summed E-state index contributed by atoms with van der Waals surface area (Å²) in [6.07, 6.45) is 0. The van der Waals surface area contributed by atoms with Gasteiger partial charge in [-0.2, -0.15) is 0 Å². The summed E-state index contributed by atoms with van der Waals surface area (Å²) in [5.41, 5.74) is 0. The summed E-state index contributed by atoms with van der Waals surface area (Å²) in [4.78, 5) is 0. The summed E-state index contributed by atoms with van der Waals surface area (Å²) in [7, 11) is -2.17. The maximum atomic E-state index is 7.17. The molecule has 0 aromatic heterocycles. The molecule has 0 aromatic carbocycles. The van der Waals surface area contributed by atoms with E-state index in [4.69, 9.17) is 15.1 Å². The van der Waals surface area contributed by atoms with Crippen LogP contribution in [0.15, 0.2) is 0 Å². The molecule has 3 N–H and O–H groups in total. The molecule has 0 saturated carbocycles. The zero-order valence-corrected chi connectivity index (χ0v) is 8.12. The van der Waals surface area contributed by atoms with Crippen LogP contribution in [0, 0.1) is 0 Å². The van der Waals surface area contributed by atoms with Crippen LogP contribution in [0.4, 0.5) is 0 Å². The normalized spacial score (nSPS) is 5.40. The molecule has 0 atom stereocenters. The molecule has 0 saturated heterocycles. The summed E-state index contributed by atoms with van der Waals surface area (Å²) in [5.74, 6) is 0. The van der Waals surface area contributed by atoms with Gasteiger partial charge in [0.2, 0.25) is 0 Å². The fourth-order valence-electron chi connectivity index (χ4n) is 0. The number of rotatable bonds is 0. The Morgan fingerprint density at radius 3 is 1.00 bits per heavy atom. The molecule has 5 heteroatoms. The van der Waals surface area contributed by atoms with Crippen molar-refractivity contribution in [3.63, 3.8) is 0 Å². The van der Waals surface area contributed by atoms with E-state index in [9.17, 15) is 0 Å². The quantitative estimate of drug-likeness (QED) is 0.412. The number of hydrogen-bond acceptors (Lipinski definition) is 3. The summed E-state index contributed by atoms with van der Waals surface area (Å²) >= 11 is 0. The van der Waals surface area contributed by atoms with Crippen molar-refractivity contribution >= 4 is 34.6 Å². The Labute approximate surface area is 50.0 Å². The van der Waals surface area contributed by atoms with Gasteiger partial charge in [-0.05, 0) is 0 Å². The first-order chi connectivity index (χ1) is 1.73. The predicted molar refractivity (Wildman–Crippen MR) is 21.0 cm³/mol. The van der Waals surface area contributed by atoms with Crippen LogP contribution >= 0.6 is 0 Å². The van der Waals surface area contributed by atoms with E-state index in [1.165, 1.54) is 0 Å². The SMILES string of the molecule is OB(O)O.[PbH2]. The molecule has 0 fully saturated rings. The third kappa shape index (κ3) is 53.2. The first kappa shape index (κ1) is 9.29. The zero-order chi connectivity index (χ0) is 3.58. The van der Waals surface area contributed by atoms with E-state index in [1.54, 1.807) is 0 Å². The van der Waals surface area contributed by atoms with Crippen molar-refractivity contribution in [1.29, 1.82) is 0 Å². The van der Waals surface area contributed by atoms with Gasteiger partial charge in [0.1, 0.15) is 0 Å². The zero-order valence-electron chi connectivity index (χ0n) is 2.63. The Balaban J connectivity index is 0. The van der Waals surface area contributed by atoms with Gasteiger partial charge in [0.25, 0.3) is 0 Å². The van der Waals surface area contributed by atoms with E-state index in [2.05, 4.69) is 0 Å². The van der Waals surface area contributed by atoms with Crippen LogP contribution in [0.25, 0.3) is 0 Å². The van der Waals surface area contributed by atoms with Crippen molar-refractivity contribution in [3.8, 4) is 0 Å². The second-order valence-electron chi connectivity index (χ2n) is 0.346. The van der Waals surface area contributed by atoms with Crippen molar-refractivity contribution < 1.29 is 15.1 Å². The van der Waals surface area contributed by atoms with E-state index in [1.807, 2.05) is 0 Å². The molecule has 2 radical (unpaired) electrons. The minimum absolute atomic E-state index is 0. The Morgan fingerprint density at radius 1 is 1.00 bits per heavy atom. The standard InChI is InChI=1S/BH3O3.Pb.2H/c2-1(3)4;;;/h2-4H;;;. The van der Waals surface area contributed by atoms with Gasteiger partial charge >= 0.3 is 34.6 Å². The Morgan fingerprint density at radius 2 is 1.00 bits per heavy atom. The van der Waals surface area contributed by atoms with Crippen molar-refractivity contribution in [2.75, 3.05) is 0 Å². The average molecular weight is 271 g/mol. The van der Waals surface area contributed by atoms with Crippen LogP contribution in [-0.2, 0) is 0 Å². The minimum atomic E-state index is -2.17. The molecule has 0 bridgehead atoms. The maximum absolute atomic E-state index is 7.17. The molecule has 0 aliphatic carbocycles. The third-order valence-electron chi connectivity index (χ3n) is 0. The van der Waals surface area contributed by atoms with Crippen LogP contribution < -0.4 is 0 Å². The van der Waals surface area contributed by atoms with Crippen LogP contribution in [0.3, 0.4) is 0 Å². The second-order valence-corrected chi connectivity index (χ2v) is 0.346. The van der Waals surface area contributed by atoms with Crippen LogP contribution in [0.2, 0.25) is 0 Å². The van der Waals surface area contributed by atoms with Gasteiger partial charge in [-0.1, -0.05) is 0 Å². The van der Waals surface area contributed by atoms with E-state index in [-0.39, 0.29) is 27.3 Å². The van der Waals surface area contributed by atoms with Crippen molar-refractivity contribution in [1.82, 2.24) is 0 Å². The van der Waals surface area contributed by atoms with E-state index in [0.717, 1.165) is 0 Å². The summed E-state index contributed by atoms with van der Waals surface area (Å²) in [5, 5.41) is 21.5. The van der Waals surface area contributed by atoms with Crippen molar-refractivity contribution in [2.24, 2.45) is 0 Å². The molecule has 0 aromatic rings. The summed E-state index contributed by atoms with van der Waals surface area (Å²) < 4.78 is 0. The van der Waals surface area contributed by atoms with Crippen molar-refractivity contribution in [3.05, 3.63) is 0 Å². The molecule has 0 amide bonds. The van der Waals surface area contributed by atoms with Crippen LogP contribution in [0.5, 0.6) is 0 Å². The first-order valence-corrected chi connectivity index (χ1v) is 0.775. The molecule has 5 heavy (non-hydrogen) atoms. The molecule has 30 valence electrons. The molecule has 0 unspecified atom stereocenters. The molecule has 0 aliphatic heterocycles. The van der Waals surface area contributed by atoms with Gasteiger partial charge in [-0.25, -0.2) is 0 Å².